The molecule has 0 rings (SSSR count). The first kappa shape index (κ1) is 11.4. The predicted octanol–water partition coefficient (Wildman–Crippen LogP) is 3.06. The quantitative estimate of drug-likeness (QED) is 0.457. The molecule has 1 N–H and O–H groups in total. The Morgan fingerprint density at radius 2 is 2.08 bits per heavy atom. The summed E-state index contributed by atoms with van der Waals surface area (Å²) in [4.78, 5) is 0. The van der Waals surface area contributed by atoms with Gasteiger partial charge in [-0.3, -0.25) is 0 Å². The number of rotatable bonds is 7. The first-order valence-electron chi connectivity index (χ1n) is 4.76. The van der Waals surface area contributed by atoms with Crippen LogP contribution in [0.5, 0.6) is 0 Å². The van der Waals surface area contributed by atoms with E-state index in [9.17, 15) is 0 Å². The molecule has 12 heavy (non-hydrogen) atoms. The Morgan fingerprint density at radius 1 is 1.33 bits per heavy atom. The Hall–Kier alpha value is -0.560. The second kappa shape index (κ2) is 8.54. The van der Waals surface area contributed by atoms with Crippen molar-refractivity contribution in [1.29, 1.82) is 0 Å². The zero-order valence-electron chi connectivity index (χ0n) is 8.00. The Morgan fingerprint density at radius 3 is 2.67 bits per heavy atom. The zero-order valence-corrected chi connectivity index (χ0v) is 8.00. The molecule has 1 atom stereocenters. The smallest absolute Gasteiger partial charge is 0.0752 e. The van der Waals surface area contributed by atoms with E-state index in [4.69, 9.17) is 5.11 Å². The molecule has 0 aromatic rings. The molecule has 0 fully saturated rings. The monoisotopic (exact) mass is 168 g/mol. The van der Waals surface area contributed by atoms with Crippen molar-refractivity contribution in [2.24, 2.45) is 0 Å². The molecule has 0 unspecified atom stereocenters. The lowest BCUT2D eigenvalue weighted by molar-refractivity contribution is 0.227. The fourth-order valence-corrected chi connectivity index (χ4v) is 0.962. The maximum atomic E-state index is 9.09. The van der Waals surface area contributed by atoms with Gasteiger partial charge in [-0.25, -0.2) is 0 Å². The highest BCUT2D eigenvalue weighted by Crippen LogP contribution is 2.01. The molecule has 0 aromatic carbocycles. The van der Waals surface area contributed by atoms with Crippen LogP contribution in [0.1, 0.15) is 39.0 Å². The summed E-state index contributed by atoms with van der Waals surface area (Å²) in [6.45, 7) is 5.70. The van der Waals surface area contributed by atoms with Crippen molar-refractivity contribution in [3.05, 3.63) is 24.8 Å². The van der Waals surface area contributed by atoms with E-state index in [2.05, 4.69) is 19.6 Å². The highest BCUT2D eigenvalue weighted by Gasteiger charge is 1.91. The van der Waals surface area contributed by atoms with E-state index in [1.54, 1.807) is 6.08 Å². The van der Waals surface area contributed by atoms with Crippen molar-refractivity contribution >= 4 is 0 Å². The Kier molecular flexibility index (Phi) is 8.14. The SMILES string of the molecule is C=C[C@@H](O)C/C=C\CCCCC. The van der Waals surface area contributed by atoms with Gasteiger partial charge in [0, 0.05) is 0 Å². The van der Waals surface area contributed by atoms with Gasteiger partial charge in [0.25, 0.3) is 0 Å². The van der Waals surface area contributed by atoms with Crippen LogP contribution in [-0.2, 0) is 0 Å². The molecule has 0 bridgehead atoms. The van der Waals surface area contributed by atoms with Gasteiger partial charge in [0.2, 0.25) is 0 Å². The molecule has 0 spiro atoms. The van der Waals surface area contributed by atoms with E-state index in [0.717, 1.165) is 6.42 Å². The predicted molar refractivity (Wildman–Crippen MR) is 54.1 cm³/mol. The number of aliphatic hydroxyl groups is 1. The number of hydrogen-bond donors (Lipinski definition) is 1. The molecular formula is C11H20O. The topological polar surface area (TPSA) is 20.2 Å². The molecule has 0 amide bonds. The molecule has 0 saturated heterocycles. The average molecular weight is 168 g/mol. The third-order valence-electron chi connectivity index (χ3n) is 1.79. The van der Waals surface area contributed by atoms with Gasteiger partial charge in [0.15, 0.2) is 0 Å². The minimum absolute atomic E-state index is 0.368. The van der Waals surface area contributed by atoms with Gasteiger partial charge < -0.3 is 5.11 Å². The molecule has 0 saturated carbocycles. The van der Waals surface area contributed by atoms with Crippen LogP contribution in [0.15, 0.2) is 24.8 Å². The highest BCUT2D eigenvalue weighted by atomic mass is 16.3. The van der Waals surface area contributed by atoms with Gasteiger partial charge in [0.1, 0.15) is 0 Å². The lowest BCUT2D eigenvalue weighted by Gasteiger charge is -1.98. The average Bonchev–Trinajstić information content (AvgIpc) is 2.10. The molecule has 1 heteroatoms. The van der Waals surface area contributed by atoms with Gasteiger partial charge in [0.05, 0.1) is 6.10 Å². The number of unbranched alkanes of at least 4 members (excludes halogenated alkanes) is 3. The first-order chi connectivity index (χ1) is 5.81. The molecule has 0 aliphatic heterocycles. The largest absolute Gasteiger partial charge is 0.389 e. The molecule has 0 aromatic heterocycles. The maximum absolute atomic E-state index is 9.09. The molecular weight excluding hydrogens is 148 g/mol. The van der Waals surface area contributed by atoms with Crippen LogP contribution >= 0.6 is 0 Å². The van der Waals surface area contributed by atoms with Gasteiger partial charge >= 0.3 is 0 Å². The van der Waals surface area contributed by atoms with Crippen molar-refractivity contribution in [1.82, 2.24) is 0 Å². The summed E-state index contributed by atoms with van der Waals surface area (Å²) < 4.78 is 0. The molecule has 0 aliphatic rings. The van der Waals surface area contributed by atoms with E-state index < -0.39 is 0 Å². The fraction of sp³-hybridized carbons (Fsp3) is 0.636. The second-order valence-electron chi connectivity index (χ2n) is 3.01. The zero-order chi connectivity index (χ0) is 9.23. The molecule has 70 valence electrons. The first-order valence-corrected chi connectivity index (χ1v) is 4.76. The molecule has 0 aliphatic carbocycles. The summed E-state index contributed by atoms with van der Waals surface area (Å²) in [6, 6.07) is 0. The number of allylic oxidation sites excluding steroid dienone is 1. The second-order valence-corrected chi connectivity index (χ2v) is 3.01. The Bertz CT molecular complexity index is 127. The van der Waals surface area contributed by atoms with Crippen molar-refractivity contribution in [3.63, 3.8) is 0 Å². The highest BCUT2D eigenvalue weighted by molar-refractivity contribution is 4.89. The molecule has 1 nitrogen and oxygen atoms in total. The summed E-state index contributed by atoms with van der Waals surface area (Å²) in [6.07, 6.45) is 11.0. The van der Waals surface area contributed by atoms with Gasteiger partial charge in [-0.05, 0) is 19.3 Å². The van der Waals surface area contributed by atoms with Gasteiger partial charge in [-0.2, -0.15) is 0 Å². The summed E-state index contributed by atoms with van der Waals surface area (Å²) in [5, 5.41) is 9.09. The Balaban J connectivity index is 3.19. The summed E-state index contributed by atoms with van der Waals surface area (Å²) >= 11 is 0. The lowest BCUT2D eigenvalue weighted by Crippen LogP contribution is -1.97. The summed E-state index contributed by atoms with van der Waals surface area (Å²) in [5.41, 5.74) is 0. The van der Waals surface area contributed by atoms with Crippen LogP contribution in [0.3, 0.4) is 0 Å². The summed E-state index contributed by atoms with van der Waals surface area (Å²) in [7, 11) is 0. The Labute approximate surface area is 75.8 Å². The normalized spacial score (nSPS) is 13.5. The minimum atomic E-state index is -0.368. The van der Waals surface area contributed by atoms with Crippen molar-refractivity contribution in [3.8, 4) is 0 Å². The fourth-order valence-electron chi connectivity index (χ4n) is 0.962. The standard InChI is InChI=1S/C11H20O/c1-3-5-6-7-8-9-10-11(12)4-2/h4,8-9,11-12H,2-3,5-7,10H2,1H3/b9-8-/t11-/m1/s1. The number of hydrogen-bond acceptors (Lipinski definition) is 1. The van der Waals surface area contributed by atoms with Crippen LogP contribution in [0, 0.1) is 0 Å². The van der Waals surface area contributed by atoms with Crippen LogP contribution in [0.25, 0.3) is 0 Å². The lowest BCUT2D eigenvalue weighted by atomic mass is 10.1. The number of aliphatic hydroxyl groups excluding tert-OH is 1. The van der Waals surface area contributed by atoms with Crippen molar-refractivity contribution in [2.45, 2.75) is 45.1 Å². The van der Waals surface area contributed by atoms with E-state index in [1.165, 1.54) is 19.3 Å². The third kappa shape index (κ3) is 7.55. The molecule has 0 heterocycles. The van der Waals surface area contributed by atoms with Crippen LogP contribution in [-0.4, -0.2) is 11.2 Å². The van der Waals surface area contributed by atoms with E-state index >= 15 is 0 Å². The third-order valence-corrected chi connectivity index (χ3v) is 1.79. The van der Waals surface area contributed by atoms with Gasteiger partial charge in [-0.15, -0.1) is 6.58 Å². The van der Waals surface area contributed by atoms with E-state index in [0.29, 0.717) is 6.42 Å². The van der Waals surface area contributed by atoms with E-state index in [-0.39, 0.29) is 6.10 Å². The van der Waals surface area contributed by atoms with Crippen molar-refractivity contribution in [2.75, 3.05) is 0 Å². The minimum Gasteiger partial charge on any atom is -0.389 e. The van der Waals surface area contributed by atoms with Gasteiger partial charge in [-0.1, -0.05) is 38.0 Å². The maximum Gasteiger partial charge on any atom is 0.0752 e. The summed E-state index contributed by atoms with van der Waals surface area (Å²) in [5.74, 6) is 0. The van der Waals surface area contributed by atoms with Crippen LogP contribution in [0.4, 0.5) is 0 Å². The van der Waals surface area contributed by atoms with Crippen LogP contribution < -0.4 is 0 Å². The van der Waals surface area contributed by atoms with Crippen molar-refractivity contribution < 1.29 is 5.11 Å². The van der Waals surface area contributed by atoms with Crippen LogP contribution in [0.2, 0.25) is 0 Å². The van der Waals surface area contributed by atoms with E-state index in [1.807, 2.05) is 6.08 Å². The molecule has 0 radical (unpaired) electrons.